The molecule has 1 unspecified atom stereocenters. The molecule has 0 radical (unpaired) electrons. The maximum atomic E-state index is 11.1. The Morgan fingerprint density at radius 2 is 2.33 bits per heavy atom. The van der Waals surface area contributed by atoms with E-state index in [1.54, 1.807) is 12.1 Å². The molecule has 0 amide bonds. The largest absolute Gasteiger partial charge is 0.489 e. The zero-order chi connectivity index (χ0) is 13.1. The predicted molar refractivity (Wildman–Crippen MR) is 67.4 cm³/mol. The molecule has 0 spiro atoms. The molecule has 1 aromatic rings. The van der Waals surface area contributed by atoms with Crippen molar-refractivity contribution in [3.05, 3.63) is 23.8 Å². The molecule has 1 atom stereocenters. The summed E-state index contributed by atoms with van der Waals surface area (Å²) in [6, 6.07) is 5.11. The van der Waals surface area contributed by atoms with Crippen LogP contribution in [0.25, 0.3) is 0 Å². The van der Waals surface area contributed by atoms with E-state index >= 15 is 0 Å². The van der Waals surface area contributed by atoms with Gasteiger partial charge in [-0.2, -0.15) is 0 Å². The fourth-order valence-corrected chi connectivity index (χ4v) is 2.10. The Balaban J connectivity index is 2.32. The lowest BCUT2D eigenvalue weighted by molar-refractivity contribution is 0.0692. The number of carbonyl (C=O) groups is 1. The van der Waals surface area contributed by atoms with Crippen LogP contribution in [0.3, 0.4) is 0 Å². The lowest BCUT2D eigenvalue weighted by Crippen LogP contribution is -2.37. The standard InChI is InChI=1S/C13H17NO4/c1-9(8-15)7-14-5-6-18-12-10(13(16)17)3-2-4-11(12)14/h2-4,9,15H,5-8H2,1H3,(H,16,17). The van der Waals surface area contributed by atoms with Crippen molar-refractivity contribution in [2.45, 2.75) is 6.92 Å². The second kappa shape index (κ2) is 5.27. The van der Waals surface area contributed by atoms with Crippen LogP contribution in [0.1, 0.15) is 17.3 Å². The van der Waals surface area contributed by atoms with E-state index in [0.29, 0.717) is 25.4 Å². The number of benzene rings is 1. The van der Waals surface area contributed by atoms with E-state index in [0.717, 1.165) is 5.69 Å². The van der Waals surface area contributed by atoms with E-state index < -0.39 is 5.97 Å². The van der Waals surface area contributed by atoms with Crippen LogP contribution in [0.4, 0.5) is 5.69 Å². The van der Waals surface area contributed by atoms with Crippen molar-refractivity contribution >= 4 is 11.7 Å². The topological polar surface area (TPSA) is 70.0 Å². The Morgan fingerprint density at radius 1 is 1.56 bits per heavy atom. The molecule has 1 heterocycles. The van der Waals surface area contributed by atoms with Gasteiger partial charge in [-0.15, -0.1) is 0 Å². The molecule has 98 valence electrons. The van der Waals surface area contributed by atoms with Crippen molar-refractivity contribution < 1.29 is 19.7 Å². The number of fused-ring (bicyclic) bond motifs is 1. The smallest absolute Gasteiger partial charge is 0.339 e. The highest BCUT2D eigenvalue weighted by molar-refractivity contribution is 5.93. The van der Waals surface area contributed by atoms with Gasteiger partial charge in [-0.3, -0.25) is 0 Å². The van der Waals surface area contributed by atoms with Crippen LogP contribution in [0.2, 0.25) is 0 Å². The lowest BCUT2D eigenvalue weighted by Gasteiger charge is -2.33. The number of para-hydroxylation sites is 1. The first kappa shape index (κ1) is 12.7. The number of hydrogen-bond donors (Lipinski definition) is 2. The number of aliphatic hydroxyl groups excluding tert-OH is 1. The molecule has 0 saturated heterocycles. The van der Waals surface area contributed by atoms with Crippen LogP contribution < -0.4 is 9.64 Å². The number of ether oxygens (including phenoxy) is 1. The summed E-state index contributed by atoms with van der Waals surface area (Å²) in [6.45, 7) is 3.94. The normalized spacial score (nSPS) is 15.8. The molecule has 1 aliphatic rings. The van der Waals surface area contributed by atoms with Gasteiger partial charge in [-0.05, 0) is 18.1 Å². The van der Waals surface area contributed by atoms with Crippen LogP contribution in [-0.2, 0) is 0 Å². The Labute approximate surface area is 106 Å². The molecular formula is C13H17NO4. The first-order valence-electron chi connectivity index (χ1n) is 5.98. The van der Waals surface area contributed by atoms with E-state index in [9.17, 15) is 4.79 Å². The first-order valence-corrected chi connectivity index (χ1v) is 5.98. The monoisotopic (exact) mass is 251 g/mol. The summed E-state index contributed by atoms with van der Waals surface area (Å²) in [5.74, 6) is -0.408. The molecule has 18 heavy (non-hydrogen) atoms. The molecule has 1 aromatic carbocycles. The highest BCUT2D eigenvalue weighted by Gasteiger charge is 2.24. The zero-order valence-corrected chi connectivity index (χ0v) is 10.3. The van der Waals surface area contributed by atoms with Crippen LogP contribution in [0.15, 0.2) is 18.2 Å². The predicted octanol–water partition coefficient (Wildman–Crippen LogP) is 1.21. The SMILES string of the molecule is CC(CO)CN1CCOc2c(C(=O)O)cccc21. The van der Waals surface area contributed by atoms with E-state index in [1.807, 2.05) is 13.0 Å². The van der Waals surface area contributed by atoms with E-state index in [-0.39, 0.29) is 18.1 Å². The maximum absolute atomic E-state index is 11.1. The number of anilines is 1. The summed E-state index contributed by atoms with van der Waals surface area (Å²) in [5, 5.41) is 18.2. The molecule has 0 aliphatic carbocycles. The molecule has 0 aromatic heterocycles. The van der Waals surface area contributed by atoms with Gasteiger partial charge in [0, 0.05) is 13.2 Å². The zero-order valence-electron chi connectivity index (χ0n) is 10.3. The molecule has 0 bridgehead atoms. The molecule has 0 saturated carbocycles. The van der Waals surface area contributed by atoms with Crippen molar-refractivity contribution in [2.75, 3.05) is 31.2 Å². The molecule has 5 heteroatoms. The van der Waals surface area contributed by atoms with Gasteiger partial charge in [-0.1, -0.05) is 13.0 Å². The molecule has 1 aliphatic heterocycles. The van der Waals surface area contributed by atoms with Gasteiger partial charge in [0.2, 0.25) is 0 Å². The van der Waals surface area contributed by atoms with Gasteiger partial charge in [-0.25, -0.2) is 4.79 Å². The maximum Gasteiger partial charge on any atom is 0.339 e. The number of hydrogen-bond acceptors (Lipinski definition) is 4. The van der Waals surface area contributed by atoms with Crippen LogP contribution in [-0.4, -0.2) is 42.5 Å². The third-order valence-electron chi connectivity index (χ3n) is 3.02. The summed E-state index contributed by atoms with van der Waals surface area (Å²) < 4.78 is 5.48. The number of carboxylic acid groups (broad SMARTS) is 1. The molecule has 2 N–H and O–H groups in total. The van der Waals surface area contributed by atoms with E-state index in [1.165, 1.54) is 0 Å². The van der Waals surface area contributed by atoms with Crippen molar-refractivity contribution in [1.29, 1.82) is 0 Å². The molecule has 5 nitrogen and oxygen atoms in total. The highest BCUT2D eigenvalue weighted by atomic mass is 16.5. The third kappa shape index (κ3) is 2.41. The van der Waals surface area contributed by atoms with Gasteiger partial charge >= 0.3 is 5.97 Å². The minimum atomic E-state index is -0.982. The number of nitrogens with zero attached hydrogens (tertiary/aromatic N) is 1. The van der Waals surface area contributed by atoms with Gasteiger partial charge in [0.25, 0.3) is 0 Å². The van der Waals surface area contributed by atoms with Crippen molar-refractivity contribution in [2.24, 2.45) is 5.92 Å². The minimum Gasteiger partial charge on any atom is -0.489 e. The van der Waals surface area contributed by atoms with Crippen LogP contribution >= 0.6 is 0 Å². The molecular weight excluding hydrogens is 234 g/mol. The number of carboxylic acids is 1. The molecule has 2 rings (SSSR count). The quantitative estimate of drug-likeness (QED) is 0.841. The number of aromatic carboxylic acids is 1. The van der Waals surface area contributed by atoms with Crippen LogP contribution in [0.5, 0.6) is 5.75 Å². The van der Waals surface area contributed by atoms with Crippen molar-refractivity contribution in [3.8, 4) is 5.75 Å². The average molecular weight is 251 g/mol. The lowest BCUT2D eigenvalue weighted by atomic mass is 10.1. The highest BCUT2D eigenvalue weighted by Crippen LogP contribution is 2.35. The summed E-state index contributed by atoms with van der Waals surface area (Å²) in [7, 11) is 0. The second-order valence-corrected chi connectivity index (χ2v) is 4.54. The summed E-state index contributed by atoms with van der Waals surface area (Å²) in [5.41, 5.74) is 0.982. The summed E-state index contributed by atoms with van der Waals surface area (Å²) in [6.07, 6.45) is 0. The fourth-order valence-electron chi connectivity index (χ4n) is 2.10. The summed E-state index contributed by atoms with van der Waals surface area (Å²) >= 11 is 0. The molecule has 0 fully saturated rings. The fraction of sp³-hybridized carbons (Fsp3) is 0.462. The van der Waals surface area contributed by atoms with Gasteiger partial charge in [0.15, 0.2) is 5.75 Å². The third-order valence-corrected chi connectivity index (χ3v) is 3.02. The van der Waals surface area contributed by atoms with E-state index in [2.05, 4.69) is 4.90 Å². The Morgan fingerprint density at radius 3 is 3.00 bits per heavy atom. The van der Waals surface area contributed by atoms with E-state index in [4.69, 9.17) is 14.9 Å². The number of aliphatic hydroxyl groups is 1. The van der Waals surface area contributed by atoms with Gasteiger partial charge < -0.3 is 19.8 Å². The second-order valence-electron chi connectivity index (χ2n) is 4.54. The summed E-state index contributed by atoms with van der Waals surface area (Å²) in [4.78, 5) is 13.2. The average Bonchev–Trinajstić information content (AvgIpc) is 2.38. The number of rotatable bonds is 4. The van der Waals surface area contributed by atoms with Gasteiger partial charge in [0.05, 0.1) is 12.2 Å². The van der Waals surface area contributed by atoms with Crippen molar-refractivity contribution in [3.63, 3.8) is 0 Å². The minimum absolute atomic E-state index is 0.116. The first-order chi connectivity index (χ1) is 8.63. The van der Waals surface area contributed by atoms with Gasteiger partial charge in [0.1, 0.15) is 12.2 Å². The van der Waals surface area contributed by atoms with Crippen molar-refractivity contribution in [1.82, 2.24) is 0 Å². The Hall–Kier alpha value is -1.75. The Kier molecular flexibility index (Phi) is 3.72. The Bertz CT molecular complexity index is 447. The van der Waals surface area contributed by atoms with Crippen LogP contribution in [0, 0.1) is 5.92 Å².